The van der Waals surface area contributed by atoms with Gasteiger partial charge < -0.3 is 19.7 Å². The Morgan fingerprint density at radius 1 is 1.05 bits per heavy atom. The van der Waals surface area contributed by atoms with Gasteiger partial charge in [-0.25, -0.2) is 4.79 Å². The van der Waals surface area contributed by atoms with E-state index >= 15 is 0 Å². The number of hydrogen-bond donors (Lipinski definition) is 2. The number of fused-ring (bicyclic) bond motifs is 2. The molecule has 2 aliphatic heterocycles. The van der Waals surface area contributed by atoms with E-state index < -0.39 is 11.8 Å². The summed E-state index contributed by atoms with van der Waals surface area (Å²) in [4.78, 5) is 23.0. The molecule has 0 amide bonds. The van der Waals surface area contributed by atoms with Crippen molar-refractivity contribution >= 4 is 11.8 Å². The summed E-state index contributed by atoms with van der Waals surface area (Å²) in [6.07, 6.45) is 0.376. The molecular weight excluding hydrogens is 264 g/mol. The molecule has 106 valence electrons. The van der Waals surface area contributed by atoms with Crippen molar-refractivity contribution in [3.8, 4) is 17.2 Å². The van der Waals surface area contributed by atoms with Gasteiger partial charge in [0.05, 0.1) is 5.56 Å². The molecule has 20 heavy (non-hydrogen) atoms. The number of carbonyl (C=O) groups excluding carboxylic acids is 1. The lowest BCUT2D eigenvalue weighted by Crippen LogP contribution is -2.17. The van der Waals surface area contributed by atoms with Gasteiger partial charge in [0.2, 0.25) is 0 Å². The molecule has 2 unspecified atom stereocenters. The van der Waals surface area contributed by atoms with Crippen molar-refractivity contribution in [3.63, 3.8) is 0 Å². The van der Waals surface area contributed by atoms with Crippen LogP contribution in [0.3, 0.4) is 0 Å². The molecule has 0 saturated heterocycles. The first-order valence-electron chi connectivity index (χ1n) is 6.41. The van der Waals surface area contributed by atoms with Gasteiger partial charge in [0.1, 0.15) is 18.0 Å². The average Bonchev–Trinajstić information content (AvgIpc) is 2.92. The second kappa shape index (κ2) is 4.13. The molecule has 6 nitrogen and oxygen atoms in total. The highest BCUT2D eigenvalue weighted by Gasteiger charge is 2.39. The molecule has 2 N–H and O–H groups in total. The summed E-state index contributed by atoms with van der Waals surface area (Å²) in [6.45, 7) is 3.59. The van der Waals surface area contributed by atoms with Crippen molar-refractivity contribution in [1.29, 1.82) is 0 Å². The zero-order valence-electron chi connectivity index (χ0n) is 11.1. The summed E-state index contributed by atoms with van der Waals surface area (Å²) in [7, 11) is 0. The van der Waals surface area contributed by atoms with Crippen LogP contribution in [0.2, 0.25) is 0 Å². The zero-order valence-corrected chi connectivity index (χ0v) is 11.1. The van der Waals surface area contributed by atoms with Crippen LogP contribution in [-0.4, -0.2) is 34.2 Å². The lowest BCUT2D eigenvalue weighted by Gasteiger charge is -2.12. The molecule has 0 aliphatic carbocycles. The van der Waals surface area contributed by atoms with E-state index in [9.17, 15) is 14.7 Å². The molecule has 0 aromatic heterocycles. The van der Waals surface area contributed by atoms with Crippen molar-refractivity contribution in [2.24, 2.45) is 0 Å². The minimum Gasteiger partial charge on any atom is -0.504 e. The number of aromatic hydroxyl groups is 1. The third-order valence-corrected chi connectivity index (χ3v) is 3.62. The van der Waals surface area contributed by atoms with Gasteiger partial charge in [0, 0.05) is 24.0 Å². The number of rotatable bonds is 2. The normalized spacial score (nSPS) is 22.7. The molecule has 3 rings (SSSR count). The minimum atomic E-state index is -1.54. The van der Waals surface area contributed by atoms with Crippen LogP contribution in [0.1, 0.15) is 35.3 Å². The number of Topliss-reactive ketones (excluding diaryl/α,β-unsaturated/α-hetero) is 1. The highest BCUT2D eigenvalue weighted by molar-refractivity contribution is 6.41. The lowest BCUT2D eigenvalue weighted by atomic mass is 9.94. The number of benzene rings is 1. The van der Waals surface area contributed by atoms with Crippen molar-refractivity contribution in [3.05, 3.63) is 16.7 Å². The van der Waals surface area contributed by atoms with Gasteiger partial charge >= 0.3 is 5.97 Å². The molecule has 2 atom stereocenters. The smallest absolute Gasteiger partial charge is 0.377 e. The van der Waals surface area contributed by atoms with Gasteiger partial charge in [-0.1, -0.05) is 0 Å². The van der Waals surface area contributed by atoms with Gasteiger partial charge in [-0.2, -0.15) is 0 Å². The maximum absolute atomic E-state index is 12.0. The largest absolute Gasteiger partial charge is 0.504 e. The summed E-state index contributed by atoms with van der Waals surface area (Å²) < 4.78 is 11.1. The number of hydrogen-bond acceptors (Lipinski definition) is 5. The zero-order chi connectivity index (χ0) is 14.6. The molecule has 0 fully saturated rings. The van der Waals surface area contributed by atoms with Gasteiger partial charge in [-0.15, -0.1) is 0 Å². The molecule has 0 saturated carbocycles. The van der Waals surface area contributed by atoms with Gasteiger partial charge in [0.15, 0.2) is 11.5 Å². The van der Waals surface area contributed by atoms with Crippen LogP contribution in [0.15, 0.2) is 0 Å². The predicted molar refractivity (Wildman–Crippen MR) is 67.7 cm³/mol. The van der Waals surface area contributed by atoms with Crippen LogP contribution >= 0.6 is 0 Å². The van der Waals surface area contributed by atoms with Crippen molar-refractivity contribution < 1.29 is 29.3 Å². The van der Waals surface area contributed by atoms with E-state index in [1.807, 2.05) is 0 Å². The maximum atomic E-state index is 12.0. The first-order valence-corrected chi connectivity index (χ1v) is 6.41. The Bertz CT molecular complexity index is 594. The SMILES string of the molecule is CC1Cc2c(c(O)c3c(c2C(=O)C(=O)O)OC(C)C3)O1. The van der Waals surface area contributed by atoms with Crippen LogP contribution in [0.25, 0.3) is 0 Å². The van der Waals surface area contributed by atoms with E-state index in [1.165, 1.54) is 0 Å². The van der Waals surface area contributed by atoms with E-state index in [0.29, 0.717) is 24.0 Å². The molecule has 1 aromatic rings. The molecule has 0 bridgehead atoms. The topological polar surface area (TPSA) is 93.1 Å². The third-order valence-electron chi connectivity index (χ3n) is 3.62. The Kier molecular flexibility index (Phi) is 2.64. The summed E-state index contributed by atoms with van der Waals surface area (Å²) in [5, 5.41) is 19.2. The molecule has 1 aromatic carbocycles. The Balaban J connectivity index is 2.28. The summed E-state index contributed by atoms with van der Waals surface area (Å²) in [5.74, 6) is -2.19. The van der Waals surface area contributed by atoms with Gasteiger partial charge in [-0.3, -0.25) is 4.79 Å². The van der Waals surface area contributed by atoms with Crippen LogP contribution < -0.4 is 9.47 Å². The van der Waals surface area contributed by atoms with Crippen molar-refractivity contribution in [2.75, 3.05) is 0 Å². The number of aliphatic carboxylic acids is 1. The molecule has 6 heteroatoms. The second-order valence-corrected chi connectivity index (χ2v) is 5.24. The monoisotopic (exact) mass is 278 g/mol. The second-order valence-electron chi connectivity index (χ2n) is 5.24. The van der Waals surface area contributed by atoms with Crippen molar-refractivity contribution in [1.82, 2.24) is 0 Å². The third kappa shape index (κ3) is 1.64. The maximum Gasteiger partial charge on any atom is 0.377 e. The number of carboxylic acid groups (broad SMARTS) is 1. The fraction of sp³-hybridized carbons (Fsp3) is 0.429. The number of phenols is 1. The molecular formula is C14H14O6. The van der Waals surface area contributed by atoms with E-state index in [4.69, 9.17) is 14.6 Å². The van der Waals surface area contributed by atoms with E-state index in [1.54, 1.807) is 13.8 Å². The Morgan fingerprint density at radius 2 is 1.60 bits per heavy atom. The van der Waals surface area contributed by atoms with E-state index in [2.05, 4.69) is 0 Å². The number of ether oxygens (including phenoxy) is 2. The summed E-state index contributed by atoms with van der Waals surface area (Å²) >= 11 is 0. The van der Waals surface area contributed by atoms with E-state index in [-0.39, 0.29) is 35.0 Å². The number of carboxylic acids is 1. The fourth-order valence-corrected chi connectivity index (χ4v) is 2.84. The molecule has 2 aliphatic rings. The fourth-order valence-electron chi connectivity index (χ4n) is 2.84. The Morgan fingerprint density at radius 3 is 2.20 bits per heavy atom. The van der Waals surface area contributed by atoms with Crippen LogP contribution in [0.5, 0.6) is 17.2 Å². The van der Waals surface area contributed by atoms with Crippen LogP contribution in [0.4, 0.5) is 0 Å². The molecule has 2 heterocycles. The van der Waals surface area contributed by atoms with Crippen LogP contribution in [0, 0.1) is 0 Å². The highest BCUT2D eigenvalue weighted by atomic mass is 16.5. The van der Waals surface area contributed by atoms with Gasteiger partial charge in [0.25, 0.3) is 5.78 Å². The Hall–Kier alpha value is -2.24. The quantitative estimate of drug-likeness (QED) is 0.625. The first kappa shape index (κ1) is 12.8. The highest BCUT2D eigenvalue weighted by Crippen LogP contribution is 2.50. The number of phenolic OH excluding ortho intramolecular Hbond substituents is 1. The number of carbonyl (C=O) groups is 2. The summed E-state index contributed by atoms with van der Waals surface area (Å²) in [6, 6.07) is 0. The standard InChI is InChI=1S/C14H14O6/c1-5-3-7-9(11(16)14(17)18)12-8(4-6(2)19-12)10(15)13(7)20-5/h5-6,15H,3-4H2,1-2H3,(H,17,18). The Labute approximate surface area is 114 Å². The number of ketones is 1. The molecule has 0 spiro atoms. The predicted octanol–water partition coefficient (Wildman–Crippen LogP) is 1.31. The average molecular weight is 278 g/mol. The van der Waals surface area contributed by atoms with E-state index in [0.717, 1.165) is 0 Å². The minimum absolute atomic E-state index is 0.0222. The summed E-state index contributed by atoms with van der Waals surface area (Å²) in [5.41, 5.74) is 0.902. The lowest BCUT2D eigenvalue weighted by molar-refractivity contribution is -0.131. The molecule has 0 radical (unpaired) electrons. The van der Waals surface area contributed by atoms with Gasteiger partial charge in [-0.05, 0) is 13.8 Å². The first-order chi connectivity index (χ1) is 9.40. The van der Waals surface area contributed by atoms with Crippen LogP contribution in [-0.2, 0) is 17.6 Å². The van der Waals surface area contributed by atoms with Crippen molar-refractivity contribution in [2.45, 2.75) is 38.9 Å².